The normalized spacial score (nSPS) is 21.6. The second-order valence-corrected chi connectivity index (χ2v) is 11.9. The molecule has 1 spiro atoms. The van der Waals surface area contributed by atoms with Gasteiger partial charge < -0.3 is 14.4 Å². The Morgan fingerprint density at radius 3 is 2.54 bits per heavy atom. The zero-order valence-electron chi connectivity index (χ0n) is 19.0. The number of carbonyl (C=O) groups is 3. The summed E-state index contributed by atoms with van der Waals surface area (Å²) in [6.45, 7) is 2.68. The van der Waals surface area contributed by atoms with Crippen LogP contribution < -0.4 is 0 Å². The number of ether oxygens (including phenoxy) is 2. The fourth-order valence-corrected chi connectivity index (χ4v) is 6.99. The molecule has 3 heterocycles. The van der Waals surface area contributed by atoms with Gasteiger partial charge in [0, 0.05) is 54.2 Å². The highest BCUT2D eigenvalue weighted by Crippen LogP contribution is 2.39. The van der Waals surface area contributed by atoms with E-state index in [1.165, 1.54) is 6.07 Å². The third kappa shape index (κ3) is 4.72. The number of aromatic nitrogens is 1. The Bertz CT molecular complexity index is 1240. The predicted octanol–water partition coefficient (Wildman–Crippen LogP) is 3.87. The monoisotopic (exact) mass is 596 g/mol. The fraction of sp³-hybridized carbons (Fsp3) is 0.400. The minimum Gasteiger partial charge on any atom is -0.418 e. The standard InChI is InChI=1S/C25H23F2IN2O5/c1-14-11-29-7-4-15(14)12-30-13-17(10-20(30)31)16-8-18(26)21(27)19(9-16)28-22-23(32)34-25(35-24(22)33)5-2-3-6-25/h4,7-9,11,17H,2-3,5-6,10,12-13H2,1H3. The summed E-state index contributed by atoms with van der Waals surface area (Å²) in [6.07, 6.45) is 6.01. The average molecular weight is 596 g/mol. The fourth-order valence-electron chi connectivity index (χ4n) is 4.74. The van der Waals surface area contributed by atoms with Gasteiger partial charge in [-0.3, -0.25) is 9.78 Å². The highest BCUT2D eigenvalue weighted by atomic mass is 127. The summed E-state index contributed by atoms with van der Waals surface area (Å²) in [4.78, 5) is 43.6. The lowest BCUT2D eigenvalue weighted by molar-refractivity contribution is -0.224. The largest absolute Gasteiger partial charge is 0.418 e. The van der Waals surface area contributed by atoms with Gasteiger partial charge >= 0.3 is 11.9 Å². The molecule has 1 atom stereocenters. The van der Waals surface area contributed by atoms with E-state index in [2.05, 4.69) is 4.98 Å². The molecule has 5 rings (SSSR count). The lowest BCUT2D eigenvalue weighted by Crippen LogP contribution is -2.48. The van der Waals surface area contributed by atoms with E-state index in [0.29, 0.717) is 31.5 Å². The van der Waals surface area contributed by atoms with Gasteiger partial charge in [-0.2, -0.15) is 0 Å². The molecule has 7 nitrogen and oxygen atoms in total. The molecule has 3 aliphatic rings. The van der Waals surface area contributed by atoms with Crippen LogP contribution >= 0.6 is 20.7 Å². The van der Waals surface area contributed by atoms with Crippen LogP contribution in [0.5, 0.6) is 0 Å². The first-order valence-corrected chi connectivity index (χ1v) is 13.5. The maximum absolute atomic E-state index is 14.7. The van der Waals surface area contributed by atoms with Crippen molar-refractivity contribution in [1.29, 1.82) is 0 Å². The Morgan fingerprint density at radius 2 is 1.86 bits per heavy atom. The quantitative estimate of drug-likeness (QED) is 0.303. The van der Waals surface area contributed by atoms with Gasteiger partial charge in [-0.05, 0) is 54.7 Å². The first-order valence-electron chi connectivity index (χ1n) is 11.4. The number of nitrogens with zero attached hydrogens (tertiary/aromatic N) is 2. The Kier molecular flexibility index (Phi) is 6.41. The smallest absolute Gasteiger partial charge is 0.354 e. The molecule has 2 aliphatic heterocycles. The van der Waals surface area contributed by atoms with Gasteiger partial charge in [0.15, 0.2) is 15.1 Å². The molecular formula is C25H23F2IN2O5. The molecule has 0 radical (unpaired) electrons. The number of halogens is 3. The molecule has 0 N–H and O–H groups in total. The molecule has 1 aromatic carbocycles. The van der Waals surface area contributed by atoms with Crippen molar-refractivity contribution in [2.75, 3.05) is 6.54 Å². The topological polar surface area (TPSA) is 85.8 Å². The average Bonchev–Trinajstić information content (AvgIpc) is 3.41. The summed E-state index contributed by atoms with van der Waals surface area (Å²) in [7, 11) is 0. The van der Waals surface area contributed by atoms with E-state index in [9.17, 15) is 23.2 Å². The SMILES string of the molecule is Cc1cnccc1CN1CC(c2cc(F)c(F)c(I=C3C(=O)OC4(CCCC4)OC3=O)c2)CC1=O. The summed E-state index contributed by atoms with van der Waals surface area (Å²) in [5.41, 5.74) is 2.40. The van der Waals surface area contributed by atoms with E-state index in [-0.39, 0.29) is 25.3 Å². The van der Waals surface area contributed by atoms with Crippen LogP contribution in [0.3, 0.4) is 0 Å². The van der Waals surface area contributed by atoms with Crippen LogP contribution in [-0.2, 0) is 30.4 Å². The Labute approximate surface area is 210 Å². The number of hydrogen-bond acceptors (Lipinski definition) is 6. The van der Waals surface area contributed by atoms with Crippen molar-refractivity contribution in [3.05, 3.63) is 62.5 Å². The van der Waals surface area contributed by atoms with Crippen molar-refractivity contribution in [3.8, 4) is 0 Å². The van der Waals surface area contributed by atoms with Crippen molar-refractivity contribution < 1.29 is 32.6 Å². The van der Waals surface area contributed by atoms with Crippen molar-refractivity contribution in [2.24, 2.45) is 0 Å². The molecule has 1 saturated carbocycles. The number of benzene rings is 1. The minimum atomic E-state index is -1.70. The first kappa shape index (κ1) is 24.0. The van der Waals surface area contributed by atoms with Crippen LogP contribution in [0.1, 0.15) is 54.7 Å². The van der Waals surface area contributed by atoms with Gasteiger partial charge in [-0.1, -0.05) is 20.7 Å². The molecule has 3 fully saturated rings. The first-order chi connectivity index (χ1) is 16.7. The van der Waals surface area contributed by atoms with E-state index < -0.39 is 50.1 Å². The van der Waals surface area contributed by atoms with Crippen LogP contribution in [-0.4, -0.2) is 43.6 Å². The molecule has 184 valence electrons. The molecule has 1 amide bonds. The number of esters is 2. The summed E-state index contributed by atoms with van der Waals surface area (Å²) in [6, 6.07) is 4.42. The second kappa shape index (κ2) is 9.36. The summed E-state index contributed by atoms with van der Waals surface area (Å²) in [5, 5.41) is 0. The van der Waals surface area contributed by atoms with E-state index in [1.807, 2.05) is 13.0 Å². The van der Waals surface area contributed by atoms with Crippen molar-refractivity contribution in [2.45, 2.75) is 57.3 Å². The molecule has 2 aromatic rings. The third-order valence-electron chi connectivity index (χ3n) is 6.67. The Morgan fingerprint density at radius 1 is 1.14 bits per heavy atom. The predicted molar refractivity (Wildman–Crippen MR) is 129 cm³/mol. The molecular weight excluding hydrogens is 573 g/mol. The zero-order valence-corrected chi connectivity index (χ0v) is 21.1. The molecule has 0 bridgehead atoms. The minimum absolute atomic E-state index is 0.0408. The van der Waals surface area contributed by atoms with Crippen LogP contribution in [0.4, 0.5) is 8.78 Å². The van der Waals surface area contributed by atoms with E-state index in [0.717, 1.165) is 30.0 Å². The second-order valence-electron chi connectivity index (χ2n) is 9.08. The van der Waals surface area contributed by atoms with Gasteiger partial charge in [0.25, 0.3) is 5.79 Å². The Balaban J connectivity index is 1.39. The molecule has 35 heavy (non-hydrogen) atoms. The van der Waals surface area contributed by atoms with Crippen LogP contribution in [0.15, 0.2) is 30.6 Å². The van der Waals surface area contributed by atoms with Gasteiger partial charge in [-0.15, -0.1) is 0 Å². The van der Waals surface area contributed by atoms with E-state index >= 15 is 0 Å². The Hall–Kier alpha value is -2.76. The number of pyridine rings is 1. The number of rotatable bonds is 4. The number of hydrogen-bond donors (Lipinski definition) is 0. The van der Waals surface area contributed by atoms with Crippen LogP contribution in [0.2, 0.25) is 0 Å². The zero-order chi connectivity index (χ0) is 24.7. The molecule has 2 saturated heterocycles. The number of likely N-dealkylation sites (tertiary alicyclic amines) is 1. The van der Waals surface area contributed by atoms with Gasteiger partial charge in [-0.25, -0.2) is 18.4 Å². The van der Waals surface area contributed by atoms with Crippen molar-refractivity contribution >= 4 is 42.1 Å². The molecule has 10 heteroatoms. The van der Waals surface area contributed by atoms with Gasteiger partial charge in [0.05, 0.1) is 0 Å². The van der Waals surface area contributed by atoms with Crippen LogP contribution in [0, 0.1) is 22.1 Å². The lowest BCUT2D eigenvalue weighted by atomic mass is 9.98. The third-order valence-corrected chi connectivity index (χ3v) is 9.45. The van der Waals surface area contributed by atoms with Gasteiger partial charge in [0.1, 0.15) is 0 Å². The number of carbonyl (C=O) groups excluding carboxylic acids is 3. The van der Waals surface area contributed by atoms with E-state index in [4.69, 9.17) is 9.47 Å². The maximum Gasteiger partial charge on any atom is 0.354 e. The number of amides is 1. The molecule has 1 aromatic heterocycles. The summed E-state index contributed by atoms with van der Waals surface area (Å²) >= 11 is -1.70. The highest BCUT2D eigenvalue weighted by Gasteiger charge is 2.48. The maximum atomic E-state index is 14.7. The van der Waals surface area contributed by atoms with Crippen molar-refractivity contribution in [1.82, 2.24) is 9.88 Å². The highest BCUT2D eigenvalue weighted by molar-refractivity contribution is 14.2. The number of aryl methyl sites for hydroxylation is 1. The summed E-state index contributed by atoms with van der Waals surface area (Å²) in [5.74, 6) is -5.41. The van der Waals surface area contributed by atoms with Crippen LogP contribution in [0.25, 0.3) is 0 Å². The lowest BCUT2D eigenvalue weighted by Gasteiger charge is -2.32. The molecule has 1 aliphatic carbocycles. The van der Waals surface area contributed by atoms with E-state index in [1.54, 1.807) is 17.3 Å². The molecule has 1 unspecified atom stereocenters. The van der Waals surface area contributed by atoms with Crippen molar-refractivity contribution in [3.63, 3.8) is 0 Å². The summed E-state index contributed by atoms with van der Waals surface area (Å²) < 4.78 is 39.8. The van der Waals surface area contributed by atoms with Gasteiger partial charge in [0.2, 0.25) is 5.91 Å².